The molecule has 3 atom stereocenters. The van der Waals surface area contributed by atoms with Crippen molar-refractivity contribution >= 4 is 35.6 Å². The summed E-state index contributed by atoms with van der Waals surface area (Å²) >= 11 is 1.42. The van der Waals surface area contributed by atoms with Crippen molar-refractivity contribution in [2.75, 3.05) is 20.2 Å². The van der Waals surface area contributed by atoms with Gasteiger partial charge < -0.3 is 15.4 Å². The van der Waals surface area contributed by atoms with Gasteiger partial charge in [-0.3, -0.25) is 9.48 Å². The van der Waals surface area contributed by atoms with Crippen molar-refractivity contribution in [3.05, 3.63) is 40.3 Å². The zero-order chi connectivity index (χ0) is 17.1. The van der Waals surface area contributed by atoms with Crippen LogP contribution in [-0.4, -0.2) is 41.9 Å². The van der Waals surface area contributed by atoms with Crippen LogP contribution < -0.4 is 10.6 Å². The molecule has 1 aliphatic heterocycles. The van der Waals surface area contributed by atoms with Crippen LogP contribution >= 0.6 is 23.7 Å². The van der Waals surface area contributed by atoms with Gasteiger partial charge in [0.05, 0.1) is 19.2 Å². The normalized spacial score (nSPS) is 20.6. The predicted molar refractivity (Wildman–Crippen MR) is 96.8 cm³/mol. The van der Waals surface area contributed by atoms with Crippen LogP contribution in [0, 0.1) is 5.92 Å². The highest BCUT2D eigenvalue weighted by atomic mass is 35.5. The first-order valence-electron chi connectivity index (χ1n) is 7.71. The van der Waals surface area contributed by atoms with E-state index in [0.29, 0.717) is 13.1 Å². The number of ether oxygens (including phenoxy) is 1. The van der Waals surface area contributed by atoms with Crippen molar-refractivity contribution in [2.24, 2.45) is 13.0 Å². The molecule has 0 radical (unpaired) electrons. The second kappa shape index (κ2) is 8.46. The summed E-state index contributed by atoms with van der Waals surface area (Å²) in [7, 11) is 3.18. The molecule has 0 aromatic carbocycles. The summed E-state index contributed by atoms with van der Waals surface area (Å²) in [5, 5.41) is 12.2. The summed E-state index contributed by atoms with van der Waals surface area (Å²) in [5.74, 6) is -0.825. The molecule has 0 aliphatic carbocycles. The number of hydrogen-bond donors (Lipinski definition) is 2. The number of hydrogen-bond acceptors (Lipinski definition) is 6. The fraction of sp³-hybridized carbons (Fsp3) is 0.438. The first-order valence-corrected chi connectivity index (χ1v) is 8.59. The third-order valence-corrected chi connectivity index (χ3v) is 5.19. The highest BCUT2D eigenvalue weighted by Crippen LogP contribution is 2.29. The number of aryl methyl sites for hydroxylation is 1. The molecule has 9 heteroatoms. The van der Waals surface area contributed by atoms with Crippen LogP contribution in [0.5, 0.6) is 0 Å². The molecule has 1 amide bonds. The number of nitrogens with one attached hydrogen (secondary N) is 2. The quantitative estimate of drug-likeness (QED) is 0.757. The summed E-state index contributed by atoms with van der Waals surface area (Å²) in [6.07, 6.45) is 3.71. The van der Waals surface area contributed by atoms with Crippen LogP contribution in [0.4, 0.5) is 0 Å². The zero-order valence-electron chi connectivity index (χ0n) is 14.0. The Labute approximate surface area is 156 Å². The maximum Gasteiger partial charge on any atom is 0.333 e. The SMILES string of the molecule is COC(=O)C(NC(=O)[C@H]1CNC[C@@H]1c1cnn(C)c1)c1cccs1.Cl. The van der Waals surface area contributed by atoms with Crippen molar-refractivity contribution in [3.8, 4) is 0 Å². The van der Waals surface area contributed by atoms with Crippen molar-refractivity contribution in [2.45, 2.75) is 12.0 Å². The molecular weight excluding hydrogens is 364 g/mol. The Morgan fingerprint density at radius 1 is 1.48 bits per heavy atom. The van der Waals surface area contributed by atoms with E-state index in [9.17, 15) is 9.59 Å². The van der Waals surface area contributed by atoms with E-state index >= 15 is 0 Å². The van der Waals surface area contributed by atoms with Gasteiger partial charge in [-0.1, -0.05) is 6.07 Å². The lowest BCUT2D eigenvalue weighted by molar-refractivity contribution is -0.145. The first kappa shape index (κ1) is 19.4. The number of carbonyl (C=O) groups excluding carboxylic acids is 2. The maximum atomic E-state index is 12.8. The third-order valence-electron chi connectivity index (χ3n) is 4.26. The lowest BCUT2D eigenvalue weighted by atomic mass is 9.90. The van der Waals surface area contributed by atoms with E-state index in [0.717, 1.165) is 10.4 Å². The van der Waals surface area contributed by atoms with Gasteiger partial charge in [0.15, 0.2) is 6.04 Å². The Bertz CT molecular complexity index is 719. The van der Waals surface area contributed by atoms with Gasteiger partial charge in [0.1, 0.15) is 0 Å². The number of nitrogens with zero attached hydrogens (tertiary/aromatic N) is 2. The van der Waals surface area contributed by atoms with E-state index < -0.39 is 12.0 Å². The fourth-order valence-corrected chi connectivity index (χ4v) is 3.77. The van der Waals surface area contributed by atoms with E-state index in [2.05, 4.69) is 15.7 Å². The molecule has 0 bridgehead atoms. The standard InChI is InChI=1S/C16H20N4O3S.ClH/c1-20-9-10(6-18-20)11-7-17-8-12(11)15(21)19-14(16(22)23-2)13-4-3-5-24-13;/h3-6,9,11-12,14,17H,7-8H2,1-2H3,(H,19,21);1H/t11-,12+,14?;/m1./s1. The zero-order valence-corrected chi connectivity index (χ0v) is 15.6. The van der Waals surface area contributed by atoms with Crippen LogP contribution in [0.25, 0.3) is 0 Å². The number of rotatable bonds is 5. The smallest absolute Gasteiger partial charge is 0.333 e. The molecule has 3 rings (SSSR count). The molecule has 0 saturated carbocycles. The number of amides is 1. The largest absolute Gasteiger partial charge is 0.467 e. The third kappa shape index (κ3) is 4.20. The Balaban J connectivity index is 0.00000225. The molecule has 1 saturated heterocycles. The summed E-state index contributed by atoms with van der Waals surface area (Å²) in [6.45, 7) is 1.29. The average molecular weight is 385 g/mol. The molecule has 136 valence electrons. The minimum absolute atomic E-state index is 0. The summed E-state index contributed by atoms with van der Waals surface area (Å²) in [5.41, 5.74) is 1.02. The Morgan fingerprint density at radius 2 is 2.28 bits per heavy atom. The van der Waals surface area contributed by atoms with Crippen LogP contribution in [0.3, 0.4) is 0 Å². The molecule has 1 aliphatic rings. The van der Waals surface area contributed by atoms with Crippen LogP contribution in [0.15, 0.2) is 29.9 Å². The van der Waals surface area contributed by atoms with Gasteiger partial charge >= 0.3 is 5.97 Å². The van der Waals surface area contributed by atoms with Gasteiger partial charge in [-0.2, -0.15) is 5.10 Å². The molecule has 1 unspecified atom stereocenters. The number of thiophene rings is 1. The summed E-state index contributed by atoms with van der Waals surface area (Å²) < 4.78 is 6.57. The second-order valence-corrected chi connectivity index (χ2v) is 6.78. The van der Waals surface area contributed by atoms with Crippen LogP contribution in [0.2, 0.25) is 0 Å². The van der Waals surface area contributed by atoms with Crippen molar-refractivity contribution < 1.29 is 14.3 Å². The van der Waals surface area contributed by atoms with Crippen LogP contribution in [-0.2, 0) is 21.4 Å². The molecule has 2 aromatic heterocycles. The van der Waals surface area contributed by atoms with Crippen molar-refractivity contribution in [1.29, 1.82) is 0 Å². The minimum atomic E-state index is -0.766. The highest BCUT2D eigenvalue weighted by molar-refractivity contribution is 7.10. The molecular formula is C16H21ClN4O3S. The van der Waals surface area contributed by atoms with E-state index in [1.165, 1.54) is 18.4 Å². The fourth-order valence-electron chi connectivity index (χ4n) is 3.00. The van der Waals surface area contributed by atoms with Gasteiger partial charge in [0.25, 0.3) is 0 Å². The van der Waals surface area contributed by atoms with Crippen molar-refractivity contribution in [1.82, 2.24) is 20.4 Å². The average Bonchev–Trinajstić information content (AvgIpc) is 3.31. The lowest BCUT2D eigenvalue weighted by Crippen LogP contribution is -2.40. The minimum Gasteiger partial charge on any atom is -0.467 e. The lowest BCUT2D eigenvalue weighted by Gasteiger charge is -2.21. The predicted octanol–water partition coefficient (Wildman–Crippen LogP) is 1.24. The number of halogens is 1. The van der Waals surface area contributed by atoms with Gasteiger partial charge in [-0.15, -0.1) is 23.7 Å². The maximum absolute atomic E-state index is 12.8. The summed E-state index contributed by atoms with van der Waals surface area (Å²) in [4.78, 5) is 25.6. The Hall–Kier alpha value is -1.90. The van der Waals surface area contributed by atoms with Gasteiger partial charge in [-0.05, 0) is 17.0 Å². The first-order chi connectivity index (χ1) is 11.6. The number of carbonyl (C=O) groups is 2. The van der Waals surface area contributed by atoms with E-state index in [1.807, 2.05) is 30.8 Å². The van der Waals surface area contributed by atoms with Crippen molar-refractivity contribution in [3.63, 3.8) is 0 Å². The number of esters is 1. The van der Waals surface area contributed by atoms with E-state index in [4.69, 9.17) is 4.74 Å². The monoisotopic (exact) mass is 384 g/mol. The summed E-state index contributed by atoms with van der Waals surface area (Å²) in [6, 6.07) is 2.90. The van der Waals surface area contributed by atoms with Gasteiger partial charge in [-0.25, -0.2) is 4.79 Å². The molecule has 1 fully saturated rings. The van der Waals surface area contributed by atoms with Crippen LogP contribution in [0.1, 0.15) is 22.4 Å². The molecule has 2 N–H and O–H groups in total. The molecule has 7 nitrogen and oxygen atoms in total. The Morgan fingerprint density at radius 3 is 2.88 bits per heavy atom. The highest BCUT2D eigenvalue weighted by Gasteiger charge is 2.37. The van der Waals surface area contributed by atoms with Gasteiger partial charge in [0, 0.05) is 37.1 Å². The Kier molecular flexibility index (Phi) is 6.57. The second-order valence-electron chi connectivity index (χ2n) is 5.80. The number of aromatic nitrogens is 2. The van der Waals surface area contributed by atoms with Gasteiger partial charge in [0.2, 0.25) is 5.91 Å². The molecule has 25 heavy (non-hydrogen) atoms. The molecule has 2 aromatic rings. The van der Waals surface area contributed by atoms with E-state index in [1.54, 1.807) is 10.9 Å². The topological polar surface area (TPSA) is 85.2 Å². The molecule has 3 heterocycles. The number of methoxy groups -OCH3 is 1. The van der Waals surface area contributed by atoms with E-state index in [-0.39, 0.29) is 30.2 Å². The molecule has 0 spiro atoms.